The number of carbonyl (C=O) groups is 1. The van der Waals surface area contributed by atoms with Crippen molar-refractivity contribution in [1.82, 2.24) is 20.1 Å². The topological polar surface area (TPSA) is 78.3 Å². The highest BCUT2D eigenvalue weighted by atomic mass is 16.5. The first-order valence-electron chi connectivity index (χ1n) is 8.66. The van der Waals surface area contributed by atoms with Crippen molar-refractivity contribution < 1.29 is 14.3 Å². The van der Waals surface area contributed by atoms with E-state index in [0.29, 0.717) is 32.8 Å². The molecule has 7 nitrogen and oxygen atoms in total. The first-order chi connectivity index (χ1) is 12.3. The van der Waals surface area contributed by atoms with Crippen molar-refractivity contribution >= 4 is 5.91 Å². The van der Waals surface area contributed by atoms with Crippen molar-refractivity contribution in [3.63, 3.8) is 0 Å². The number of nitrogens with zero attached hydrogens (tertiary/aromatic N) is 3. The van der Waals surface area contributed by atoms with Crippen molar-refractivity contribution in [2.75, 3.05) is 13.2 Å². The Hall–Kier alpha value is -2.25. The highest BCUT2D eigenvalue weighted by molar-refractivity contribution is 5.76. The maximum absolute atomic E-state index is 12.2. The van der Waals surface area contributed by atoms with Crippen LogP contribution in [0.4, 0.5) is 0 Å². The number of ether oxygens (including phenoxy) is 2. The number of aryl methyl sites for hydroxylation is 1. The minimum Gasteiger partial charge on any atom is -0.379 e. The maximum atomic E-state index is 12.2. The monoisotopic (exact) mass is 344 g/mol. The van der Waals surface area contributed by atoms with Crippen LogP contribution in [0.2, 0.25) is 0 Å². The molecule has 0 unspecified atom stereocenters. The lowest BCUT2D eigenvalue weighted by atomic mass is 10.1. The molecule has 134 valence electrons. The van der Waals surface area contributed by atoms with Crippen LogP contribution in [0.1, 0.15) is 24.8 Å². The second-order valence-corrected chi connectivity index (χ2v) is 6.13. The average Bonchev–Trinajstić information content (AvgIpc) is 3.15. The molecule has 1 fully saturated rings. The number of carbonyl (C=O) groups excluding carboxylic acids is 1. The number of rotatable bonds is 8. The summed E-state index contributed by atoms with van der Waals surface area (Å²) >= 11 is 0. The predicted molar refractivity (Wildman–Crippen MR) is 91.6 cm³/mol. The van der Waals surface area contributed by atoms with Gasteiger partial charge in [0.25, 0.3) is 0 Å². The van der Waals surface area contributed by atoms with E-state index in [1.807, 2.05) is 30.3 Å². The molecule has 1 aliphatic rings. The molecule has 0 bridgehead atoms. The van der Waals surface area contributed by atoms with E-state index in [4.69, 9.17) is 9.47 Å². The number of aromatic nitrogens is 3. The van der Waals surface area contributed by atoms with Crippen LogP contribution in [0.25, 0.3) is 0 Å². The molecule has 1 aromatic heterocycles. The van der Waals surface area contributed by atoms with Crippen molar-refractivity contribution in [2.24, 2.45) is 0 Å². The minimum absolute atomic E-state index is 0.00340. The van der Waals surface area contributed by atoms with Crippen LogP contribution < -0.4 is 5.32 Å². The zero-order valence-corrected chi connectivity index (χ0v) is 14.2. The molecule has 1 amide bonds. The molecule has 2 heterocycles. The molecule has 0 aliphatic carbocycles. The van der Waals surface area contributed by atoms with Crippen molar-refractivity contribution in [3.05, 3.63) is 48.5 Å². The predicted octanol–water partition coefficient (Wildman–Crippen LogP) is 1.55. The van der Waals surface area contributed by atoms with Gasteiger partial charge in [0, 0.05) is 19.6 Å². The molecule has 0 spiro atoms. The Bertz CT molecular complexity index is 633. The Kier molecular flexibility index (Phi) is 6.53. The number of hydrogen-bond donors (Lipinski definition) is 1. The van der Waals surface area contributed by atoms with Gasteiger partial charge in [0.2, 0.25) is 5.91 Å². The first kappa shape index (κ1) is 17.6. The second kappa shape index (κ2) is 9.29. The molecular formula is C18H24N4O3. The highest BCUT2D eigenvalue weighted by Crippen LogP contribution is 2.14. The molecule has 0 radical (unpaired) electrons. The lowest BCUT2D eigenvalue weighted by Gasteiger charge is -2.32. The van der Waals surface area contributed by atoms with Gasteiger partial charge in [-0.2, -0.15) is 5.10 Å². The van der Waals surface area contributed by atoms with E-state index in [2.05, 4.69) is 15.4 Å². The van der Waals surface area contributed by atoms with E-state index in [0.717, 1.165) is 18.4 Å². The molecule has 7 heteroatoms. The van der Waals surface area contributed by atoms with Crippen LogP contribution in [0, 0.1) is 0 Å². The fraction of sp³-hybridized carbons (Fsp3) is 0.500. The van der Waals surface area contributed by atoms with E-state index in [-0.39, 0.29) is 18.1 Å². The molecule has 3 rings (SSSR count). The Morgan fingerprint density at radius 1 is 1.36 bits per heavy atom. The quantitative estimate of drug-likeness (QED) is 0.786. The van der Waals surface area contributed by atoms with Gasteiger partial charge < -0.3 is 14.8 Å². The molecule has 2 atom stereocenters. The summed E-state index contributed by atoms with van der Waals surface area (Å²) in [6.45, 7) is 2.37. The molecule has 0 saturated carbocycles. The zero-order valence-electron chi connectivity index (χ0n) is 14.2. The summed E-state index contributed by atoms with van der Waals surface area (Å²) in [5.74, 6) is 0.0420. The van der Waals surface area contributed by atoms with Crippen LogP contribution in [-0.2, 0) is 27.4 Å². The van der Waals surface area contributed by atoms with Crippen LogP contribution >= 0.6 is 0 Å². The summed E-state index contributed by atoms with van der Waals surface area (Å²) in [4.78, 5) is 16.1. The lowest BCUT2D eigenvalue weighted by Crippen LogP contribution is -2.49. The highest BCUT2D eigenvalue weighted by Gasteiger charge is 2.27. The van der Waals surface area contributed by atoms with Crippen molar-refractivity contribution in [1.29, 1.82) is 0 Å². The third-order valence-electron chi connectivity index (χ3n) is 4.22. The third kappa shape index (κ3) is 5.65. The minimum atomic E-state index is -0.117. The zero-order chi connectivity index (χ0) is 17.3. The van der Waals surface area contributed by atoms with Crippen LogP contribution in [-0.4, -0.2) is 46.0 Å². The van der Waals surface area contributed by atoms with Crippen LogP contribution in [0.5, 0.6) is 0 Å². The number of hydrogen-bond acceptors (Lipinski definition) is 5. The van der Waals surface area contributed by atoms with Gasteiger partial charge in [-0.3, -0.25) is 9.48 Å². The standard InChI is InChI=1S/C18H24N4O3/c23-18(7-4-9-22-14-19-13-20-22)21-16-8-10-24-12-17(16)25-11-15-5-2-1-3-6-15/h1-3,5-6,13-14,16-17H,4,7-12H2,(H,21,23)/t16-,17-/m1/s1. The largest absolute Gasteiger partial charge is 0.379 e. The molecule has 1 saturated heterocycles. The van der Waals surface area contributed by atoms with E-state index in [1.165, 1.54) is 6.33 Å². The summed E-state index contributed by atoms with van der Waals surface area (Å²) in [6, 6.07) is 10.0. The molecule has 1 N–H and O–H groups in total. The molecule has 25 heavy (non-hydrogen) atoms. The second-order valence-electron chi connectivity index (χ2n) is 6.13. The Balaban J connectivity index is 1.42. The summed E-state index contributed by atoms with van der Waals surface area (Å²) in [5, 5.41) is 7.13. The Morgan fingerprint density at radius 3 is 3.04 bits per heavy atom. The van der Waals surface area contributed by atoms with Gasteiger partial charge in [-0.25, -0.2) is 4.98 Å². The van der Waals surface area contributed by atoms with Crippen molar-refractivity contribution in [2.45, 2.75) is 44.6 Å². The van der Waals surface area contributed by atoms with Gasteiger partial charge in [0.1, 0.15) is 18.8 Å². The fourth-order valence-electron chi connectivity index (χ4n) is 2.85. The van der Waals surface area contributed by atoms with Gasteiger partial charge in [0.05, 0.1) is 19.3 Å². The van der Waals surface area contributed by atoms with Gasteiger partial charge in [0.15, 0.2) is 0 Å². The number of nitrogens with one attached hydrogen (secondary N) is 1. The van der Waals surface area contributed by atoms with Crippen molar-refractivity contribution in [3.8, 4) is 0 Å². The fourth-order valence-corrected chi connectivity index (χ4v) is 2.85. The normalized spacial score (nSPS) is 20.3. The van der Waals surface area contributed by atoms with Gasteiger partial charge in [-0.1, -0.05) is 30.3 Å². The van der Waals surface area contributed by atoms with Gasteiger partial charge in [-0.05, 0) is 18.4 Å². The summed E-state index contributed by atoms with van der Waals surface area (Å²) in [7, 11) is 0. The van der Waals surface area contributed by atoms with E-state index in [1.54, 1.807) is 11.0 Å². The van der Waals surface area contributed by atoms with E-state index in [9.17, 15) is 4.79 Å². The SMILES string of the molecule is O=C(CCCn1cncn1)N[C@@H]1CCOC[C@H]1OCc1ccccc1. The molecular weight excluding hydrogens is 320 g/mol. The van der Waals surface area contributed by atoms with E-state index >= 15 is 0 Å². The maximum Gasteiger partial charge on any atom is 0.220 e. The summed E-state index contributed by atoms with van der Waals surface area (Å²) in [6.07, 6.45) is 5.00. The Labute approximate surface area is 147 Å². The molecule has 1 aliphatic heterocycles. The van der Waals surface area contributed by atoms with Gasteiger partial charge >= 0.3 is 0 Å². The van der Waals surface area contributed by atoms with Crippen LogP contribution in [0.3, 0.4) is 0 Å². The van der Waals surface area contributed by atoms with Crippen LogP contribution in [0.15, 0.2) is 43.0 Å². The number of benzene rings is 1. The molecule has 2 aromatic rings. The van der Waals surface area contributed by atoms with Gasteiger partial charge in [-0.15, -0.1) is 0 Å². The van der Waals surface area contributed by atoms with E-state index < -0.39 is 0 Å². The number of amides is 1. The first-order valence-corrected chi connectivity index (χ1v) is 8.66. The summed E-state index contributed by atoms with van der Waals surface area (Å²) < 4.78 is 13.2. The summed E-state index contributed by atoms with van der Waals surface area (Å²) in [5.41, 5.74) is 1.12. The Morgan fingerprint density at radius 2 is 2.24 bits per heavy atom. The molecule has 1 aromatic carbocycles. The lowest BCUT2D eigenvalue weighted by molar-refractivity contribution is -0.126. The average molecular weight is 344 g/mol. The smallest absolute Gasteiger partial charge is 0.220 e. The third-order valence-corrected chi connectivity index (χ3v) is 4.22.